The molecule has 17 heavy (non-hydrogen) atoms. The highest BCUT2D eigenvalue weighted by Crippen LogP contribution is 2.30. The van der Waals surface area contributed by atoms with E-state index >= 15 is 0 Å². The maximum absolute atomic E-state index is 11.8. The van der Waals surface area contributed by atoms with Gasteiger partial charge in [-0.1, -0.05) is 0 Å². The van der Waals surface area contributed by atoms with Crippen molar-refractivity contribution in [1.29, 1.82) is 0 Å². The van der Waals surface area contributed by atoms with Crippen molar-refractivity contribution in [3.63, 3.8) is 0 Å². The Labute approximate surface area is 102 Å². The van der Waals surface area contributed by atoms with Gasteiger partial charge < -0.3 is 5.32 Å². The van der Waals surface area contributed by atoms with Crippen LogP contribution >= 0.6 is 0 Å². The van der Waals surface area contributed by atoms with Crippen molar-refractivity contribution in [2.75, 3.05) is 28.5 Å². The normalized spacial score (nSPS) is 22.0. The molecule has 5 heteroatoms. The second kappa shape index (κ2) is 3.91. The fourth-order valence-corrected chi connectivity index (χ4v) is 4.10. The van der Waals surface area contributed by atoms with E-state index in [1.807, 2.05) is 18.2 Å². The van der Waals surface area contributed by atoms with Gasteiger partial charge in [0.15, 0.2) is 0 Å². The van der Waals surface area contributed by atoms with E-state index in [0.717, 1.165) is 37.2 Å². The van der Waals surface area contributed by atoms with Gasteiger partial charge in [-0.3, -0.25) is 4.31 Å². The molecular formula is C12H16N2O2S. The molecule has 2 aliphatic heterocycles. The number of sulfonamides is 1. The summed E-state index contributed by atoms with van der Waals surface area (Å²) in [4.78, 5) is 0. The summed E-state index contributed by atoms with van der Waals surface area (Å²) in [7, 11) is -3.05. The van der Waals surface area contributed by atoms with Crippen molar-refractivity contribution in [2.24, 2.45) is 0 Å². The van der Waals surface area contributed by atoms with E-state index in [1.54, 1.807) is 4.31 Å². The van der Waals surface area contributed by atoms with Crippen molar-refractivity contribution < 1.29 is 8.42 Å². The van der Waals surface area contributed by atoms with Gasteiger partial charge in [-0.05, 0) is 43.0 Å². The van der Waals surface area contributed by atoms with Gasteiger partial charge in [0.25, 0.3) is 0 Å². The molecule has 0 bridgehead atoms. The van der Waals surface area contributed by atoms with E-state index in [-0.39, 0.29) is 5.75 Å². The van der Waals surface area contributed by atoms with Crippen molar-refractivity contribution in [3.05, 3.63) is 23.8 Å². The van der Waals surface area contributed by atoms with Crippen LogP contribution in [0.2, 0.25) is 0 Å². The minimum Gasteiger partial charge on any atom is -0.385 e. The van der Waals surface area contributed by atoms with Gasteiger partial charge >= 0.3 is 0 Å². The van der Waals surface area contributed by atoms with Crippen LogP contribution in [0.1, 0.15) is 18.4 Å². The SMILES string of the molecule is O=S1(=O)CCCN1c1ccc2c(c1)CCCN2. The van der Waals surface area contributed by atoms with Crippen LogP contribution in [0, 0.1) is 0 Å². The predicted octanol–water partition coefficient (Wildman–Crippen LogP) is 1.58. The Balaban J connectivity index is 1.99. The molecule has 1 aromatic rings. The number of fused-ring (bicyclic) bond motifs is 1. The van der Waals surface area contributed by atoms with Crippen LogP contribution in [0.5, 0.6) is 0 Å². The van der Waals surface area contributed by atoms with Crippen molar-refractivity contribution >= 4 is 21.4 Å². The molecule has 2 aliphatic rings. The largest absolute Gasteiger partial charge is 0.385 e. The number of aryl methyl sites for hydroxylation is 1. The van der Waals surface area contributed by atoms with Crippen LogP contribution in [-0.2, 0) is 16.4 Å². The molecule has 0 radical (unpaired) electrons. The van der Waals surface area contributed by atoms with Gasteiger partial charge in [0, 0.05) is 18.8 Å². The number of nitrogens with zero attached hydrogens (tertiary/aromatic N) is 1. The zero-order valence-corrected chi connectivity index (χ0v) is 10.5. The summed E-state index contributed by atoms with van der Waals surface area (Å²) >= 11 is 0. The average Bonchev–Trinajstić information content (AvgIpc) is 2.68. The summed E-state index contributed by atoms with van der Waals surface area (Å²) in [6.07, 6.45) is 2.88. The van der Waals surface area contributed by atoms with Gasteiger partial charge in [-0.2, -0.15) is 0 Å². The second-order valence-electron chi connectivity index (χ2n) is 4.61. The Morgan fingerprint density at radius 2 is 2.12 bits per heavy atom. The Hall–Kier alpha value is -1.23. The second-order valence-corrected chi connectivity index (χ2v) is 6.63. The summed E-state index contributed by atoms with van der Waals surface area (Å²) in [5.74, 6) is 0.280. The van der Waals surface area contributed by atoms with Crippen molar-refractivity contribution in [1.82, 2.24) is 0 Å². The number of nitrogens with one attached hydrogen (secondary N) is 1. The highest BCUT2D eigenvalue weighted by Gasteiger charge is 2.28. The molecule has 1 fully saturated rings. The van der Waals surface area contributed by atoms with Crippen LogP contribution < -0.4 is 9.62 Å². The monoisotopic (exact) mass is 252 g/mol. The van der Waals surface area contributed by atoms with Crippen LogP contribution in [0.15, 0.2) is 18.2 Å². The van der Waals surface area contributed by atoms with E-state index in [4.69, 9.17) is 0 Å². The number of anilines is 2. The lowest BCUT2D eigenvalue weighted by Gasteiger charge is -2.22. The Morgan fingerprint density at radius 1 is 1.24 bits per heavy atom. The third-order valence-corrected chi connectivity index (χ3v) is 5.28. The van der Waals surface area contributed by atoms with E-state index in [1.165, 1.54) is 5.56 Å². The first-order chi connectivity index (χ1) is 8.17. The summed E-state index contributed by atoms with van der Waals surface area (Å²) < 4.78 is 25.2. The van der Waals surface area contributed by atoms with Crippen LogP contribution in [-0.4, -0.2) is 27.3 Å². The molecule has 4 nitrogen and oxygen atoms in total. The Bertz CT molecular complexity index is 539. The molecule has 0 aromatic heterocycles. The smallest absolute Gasteiger partial charge is 0.235 e. The molecule has 0 spiro atoms. The van der Waals surface area contributed by atoms with Crippen LogP contribution in [0.25, 0.3) is 0 Å². The van der Waals surface area contributed by atoms with Gasteiger partial charge in [0.1, 0.15) is 0 Å². The van der Waals surface area contributed by atoms with E-state index in [2.05, 4.69) is 5.32 Å². The molecule has 0 atom stereocenters. The minimum atomic E-state index is -3.05. The minimum absolute atomic E-state index is 0.280. The quantitative estimate of drug-likeness (QED) is 0.825. The standard InChI is InChI=1S/C12H16N2O2S/c15-17(16)8-2-7-14(17)11-4-5-12-10(9-11)3-1-6-13-12/h4-5,9,13H,1-3,6-8H2. The van der Waals surface area contributed by atoms with Crippen molar-refractivity contribution in [3.8, 4) is 0 Å². The van der Waals surface area contributed by atoms with Gasteiger partial charge in [-0.25, -0.2) is 8.42 Å². The Kier molecular flexibility index (Phi) is 2.50. The number of benzene rings is 1. The molecule has 1 N–H and O–H groups in total. The van der Waals surface area contributed by atoms with Gasteiger partial charge in [0.05, 0.1) is 11.4 Å². The summed E-state index contributed by atoms with van der Waals surface area (Å²) in [5.41, 5.74) is 3.21. The first-order valence-electron chi connectivity index (χ1n) is 6.04. The Morgan fingerprint density at radius 3 is 2.88 bits per heavy atom. The maximum Gasteiger partial charge on any atom is 0.235 e. The van der Waals surface area contributed by atoms with Crippen LogP contribution in [0.4, 0.5) is 11.4 Å². The van der Waals surface area contributed by atoms with E-state index in [0.29, 0.717) is 6.54 Å². The predicted molar refractivity (Wildman–Crippen MR) is 69.0 cm³/mol. The molecule has 1 saturated heterocycles. The lowest BCUT2D eigenvalue weighted by molar-refractivity contribution is 0.599. The molecule has 0 aliphatic carbocycles. The summed E-state index contributed by atoms with van der Waals surface area (Å²) in [5, 5.41) is 3.33. The molecule has 92 valence electrons. The van der Waals surface area contributed by atoms with E-state index in [9.17, 15) is 8.42 Å². The third-order valence-electron chi connectivity index (χ3n) is 3.41. The fourth-order valence-electron chi connectivity index (χ4n) is 2.55. The van der Waals surface area contributed by atoms with Gasteiger partial charge in [0.2, 0.25) is 10.0 Å². The highest BCUT2D eigenvalue weighted by atomic mass is 32.2. The first-order valence-corrected chi connectivity index (χ1v) is 7.65. The third kappa shape index (κ3) is 1.88. The van der Waals surface area contributed by atoms with Crippen LogP contribution in [0.3, 0.4) is 0 Å². The lowest BCUT2D eigenvalue weighted by atomic mass is 10.0. The lowest BCUT2D eigenvalue weighted by Crippen LogP contribution is -2.25. The molecule has 3 rings (SSSR count). The molecule has 1 aromatic carbocycles. The highest BCUT2D eigenvalue weighted by molar-refractivity contribution is 7.93. The van der Waals surface area contributed by atoms with Crippen molar-refractivity contribution in [2.45, 2.75) is 19.3 Å². The molecule has 0 saturated carbocycles. The maximum atomic E-state index is 11.8. The summed E-state index contributed by atoms with van der Waals surface area (Å²) in [6, 6.07) is 5.92. The van der Waals surface area contributed by atoms with Gasteiger partial charge in [-0.15, -0.1) is 0 Å². The topological polar surface area (TPSA) is 49.4 Å². The molecule has 2 heterocycles. The van der Waals surface area contributed by atoms with E-state index < -0.39 is 10.0 Å². The summed E-state index contributed by atoms with van der Waals surface area (Å²) in [6.45, 7) is 1.63. The zero-order chi connectivity index (χ0) is 11.9. The molecule has 0 amide bonds. The molecule has 0 unspecified atom stereocenters. The number of hydrogen-bond acceptors (Lipinski definition) is 3. The average molecular weight is 252 g/mol. The number of hydrogen-bond donors (Lipinski definition) is 1. The molecular weight excluding hydrogens is 236 g/mol. The number of rotatable bonds is 1. The fraction of sp³-hybridized carbons (Fsp3) is 0.500. The first kappa shape index (κ1) is 10.9. The zero-order valence-electron chi connectivity index (χ0n) is 9.65.